The van der Waals surface area contributed by atoms with Crippen LogP contribution in [0.15, 0.2) is 24.3 Å². The van der Waals surface area contributed by atoms with Gasteiger partial charge in [-0.2, -0.15) is 0 Å². The summed E-state index contributed by atoms with van der Waals surface area (Å²) >= 11 is 0. The number of benzene rings is 1. The summed E-state index contributed by atoms with van der Waals surface area (Å²) in [6.45, 7) is 4.04. The molecule has 0 aliphatic carbocycles. The van der Waals surface area contributed by atoms with Crippen molar-refractivity contribution in [1.82, 2.24) is 4.90 Å². The number of aliphatic hydroxyl groups is 1. The minimum atomic E-state index is -1.18. The number of ether oxygens (including phenoxy) is 1. The number of carbonyl (C=O) groups excluding carboxylic acids is 1. The third kappa shape index (κ3) is 3.14. The third-order valence-electron chi connectivity index (χ3n) is 3.63. The Balaban J connectivity index is 2.23. The van der Waals surface area contributed by atoms with Crippen LogP contribution in [-0.4, -0.2) is 42.7 Å². The van der Waals surface area contributed by atoms with Gasteiger partial charge in [0.05, 0.1) is 6.61 Å². The lowest BCUT2D eigenvalue weighted by molar-refractivity contribution is -0.153. The molecule has 0 radical (unpaired) electrons. The fraction of sp³-hybridized carbons (Fsp3) is 0.533. The molecule has 2 rings (SSSR count). The zero-order valence-electron chi connectivity index (χ0n) is 11.5. The second kappa shape index (κ2) is 6.17. The maximum Gasteiger partial charge on any atom is 0.339 e. The SMILES string of the molecule is CCOC(=O)C(O)c1ccccc1C1CCN(C)C1. The zero-order chi connectivity index (χ0) is 13.8. The highest BCUT2D eigenvalue weighted by molar-refractivity contribution is 5.76. The van der Waals surface area contributed by atoms with E-state index in [2.05, 4.69) is 11.9 Å². The smallest absolute Gasteiger partial charge is 0.339 e. The number of hydrogen-bond acceptors (Lipinski definition) is 4. The first kappa shape index (κ1) is 14.0. The normalized spacial score (nSPS) is 21.3. The Morgan fingerprint density at radius 1 is 1.53 bits per heavy atom. The standard InChI is InChI=1S/C15H21NO3/c1-3-19-15(18)14(17)13-7-5-4-6-12(13)11-8-9-16(2)10-11/h4-7,11,14,17H,3,8-10H2,1-2H3. The molecule has 2 unspecified atom stereocenters. The lowest BCUT2D eigenvalue weighted by Gasteiger charge is -2.18. The molecule has 4 nitrogen and oxygen atoms in total. The lowest BCUT2D eigenvalue weighted by Crippen LogP contribution is -2.19. The molecule has 4 heteroatoms. The number of likely N-dealkylation sites (tertiary alicyclic amines) is 1. The second-order valence-corrected chi connectivity index (χ2v) is 5.03. The van der Waals surface area contributed by atoms with E-state index in [0.29, 0.717) is 11.5 Å². The van der Waals surface area contributed by atoms with Gasteiger partial charge in [-0.25, -0.2) is 4.79 Å². The van der Waals surface area contributed by atoms with Gasteiger partial charge in [-0.15, -0.1) is 0 Å². The number of hydrogen-bond donors (Lipinski definition) is 1. The van der Waals surface area contributed by atoms with E-state index in [1.165, 1.54) is 0 Å². The molecule has 0 bridgehead atoms. The molecule has 1 fully saturated rings. The molecule has 1 aromatic rings. The monoisotopic (exact) mass is 263 g/mol. The van der Waals surface area contributed by atoms with Gasteiger partial charge in [0.25, 0.3) is 0 Å². The van der Waals surface area contributed by atoms with E-state index in [1.54, 1.807) is 6.92 Å². The van der Waals surface area contributed by atoms with E-state index in [9.17, 15) is 9.90 Å². The van der Waals surface area contributed by atoms with Crippen molar-refractivity contribution in [3.05, 3.63) is 35.4 Å². The quantitative estimate of drug-likeness (QED) is 0.840. The predicted molar refractivity (Wildman–Crippen MR) is 72.9 cm³/mol. The highest BCUT2D eigenvalue weighted by Crippen LogP contribution is 2.32. The Bertz CT molecular complexity index is 447. The molecule has 1 aliphatic rings. The van der Waals surface area contributed by atoms with Crippen molar-refractivity contribution in [2.24, 2.45) is 0 Å². The summed E-state index contributed by atoms with van der Waals surface area (Å²) in [7, 11) is 2.09. The Labute approximate surface area is 114 Å². The Morgan fingerprint density at radius 3 is 2.89 bits per heavy atom. The van der Waals surface area contributed by atoms with Gasteiger partial charge in [0, 0.05) is 6.54 Å². The fourth-order valence-electron chi connectivity index (χ4n) is 2.67. The molecular formula is C15H21NO3. The van der Waals surface area contributed by atoms with Crippen LogP contribution in [0.25, 0.3) is 0 Å². The number of likely N-dealkylation sites (N-methyl/N-ethyl adjacent to an activating group) is 1. The summed E-state index contributed by atoms with van der Waals surface area (Å²) < 4.78 is 4.90. The highest BCUT2D eigenvalue weighted by atomic mass is 16.5. The number of carbonyl (C=O) groups is 1. The van der Waals surface area contributed by atoms with Gasteiger partial charge in [-0.05, 0) is 44.0 Å². The van der Waals surface area contributed by atoms with Crippen molar-refractivity contribution in [1.29, 1.82) is 0 Å². The zero-order valence-corrected chi connectivity index (χ0v) is 11.5. The average Bonchev–Trinajstić information content (AvgIpc) is 2.85. The lowest BCUT2D eigenvalue weighted by atomic mass is 9.91. The van der Waals surface area contributed by atoms with Crippen LogP contribution >= 0.6 is 0 Å². The van der Waals surface area contributed by atoms with E-state index in [4.69, 9.17) is 4.74 Å². The van der Waals surface area contributed by atoms with Crippen LogP contribution in [0.2, 0.25) is 0 Å². The molecule has 104 valence electrons. The number of esters is 1. The Hall–Kier alpha value is -1.39. The summed E-state index contributed by atoms with van der Waals surface area (Å²) in [4.78, 5) is 14.0. The van der Waals surface area contributed by atoms with E-state index >= 15 is 0 Å². The number of nitrogens with zero attached hydrogens (tertiary/aromatic N) is 1. The van der Waals surface area contributed by atoms with Gasteiger partial charge >= 0.3 is 5.97 Å². The van der Waals surface area contributed by atoms with Crippen LogP contribution in [0.1, 0.15) is 36.5 Å². The van der Waals surface area contributed by atoms with Crippen LogP contribution in [0.5, 0.6) is 0 Å². The van der Waals surface area contributed by atoms with Crippen LogP contribution in [0.3, 0.4) is 0 Å². The van der Waals surface area contributed by atoms with Crippen molar-refractivity contribution in [2.45, 2.75) is 25.4 Å². The molecule has 19 heavy (non-hydrogen) atoms. The average molecular weight is 263 g/mol. The summed E-state index contributed by atoms with van der Waals surface area (Å²) in [5.41, 5.74) is 1.74. The number of rotatable bonds is 4. The highest BCUT2D eigenvalue weighted by Gasteiger charge is 2.28. The summed E-state index contributed by atoms with van der Waals surface area (Å²) in [6.07, 6.45) is -0.120. The van der Waals surface area contributed by atoms with Crippen LogP contribution in [-0.2, 0) is 9.53 Å². The number of aliphatic hydroxyl groups excluding tert-OH is 1. The van der Waals surface area contributed by atoms with Gasteiger partial charge in [-0.3, -0.25) is 0 Å². The summed E-state index contributed by atoms with van der Waals surface area (Å²) in [6, 6.07) is 7.62. The predicted octanol–water partition coefficient (Wildman–Crippen LogP) is 1.70. The Morgan fingerprint density at radius 2 is 2.26 bits per heavy atom. The molecule has 1 N–H and O–H groups in total. The molecule has 1 heterocycles. The molecule has 0 aromatic heterocycles. The fourth-order valence-corrected chi connectivity index (χ4v) is 2.67. The van der Waals surface area contributed by atoms with E-state index in [1.807, 2.05) is 24.3 Å². The van der Waals surface area contributed by atoms with Gasteiger partial charge in [0.15, 0.2) is 6.10 Å². The largest absolute Gasteiger partial charge is 0.464 e. The molecule has 0 amide bonds. The van der Waals surface area contributed by atoms with Gasteiger partial charge in [0.1, 0.15) is 0 Å². The second-order valence-electron chi connectivity index (χ2n) is 5.03. The van der Waals surface area contributed by atoms with Crippen molar-refractivity contribution >= 4 is 5.97 Å². The Kier molecular flexibility index (Phi) is 4.56. The first-order valence-corrected chi connectivity index (χ1v) is 6.75. The topological polar surface area (TPSA) is 49.8 Å². The maximum absolute atomic E-state index is 11.7. The van der Waals surface area contributed by atoms with Gasteiger partial charge in [-0.1, -0.05) is 24.3 Å². The molecule has 0 spiro atoms. The molecule has 1 aromatic carbocycles. The first-order chi connectivity index (χ1) is 9.13. The van der Waals surface area contributed by atoms with Crippen molar-refractivity contribution in [3.8, 4) is 0 Å². The van der Waals surface area contributed by atoms with Crippen molar-refractivity contribution < 1.29 is 14.6 Å². The van der Waals surface area contributed by atoms with E-state index < -0.39 is 12.1 Å². The molecular weight excluding hydrogens is 242 g/mol. The van der Waals surface area contributed by atoms with Crippen LogP contribution in [0.4, 0.5) is 0 Å². The first-order valence-electron chi connectivity index (χ1n) is 6.75. The van der Waals surface area contributed by atoms with Gasteiger partial charge < -0.3 is 14.7 Å². The van der Waals surface area contributed by atoms with Crippen molar-refractivity contribution in [3.63, 3.8) is 0 Å². The minimum absolute atomic E-state index is 0.282. The van der Waals surface area contributed by atoms with Gasteiger partial charge in [0.2, 0.25) is 0 Å². The summed E-state index contributed by atoms with van der Waals surface area (Å²) in [5.74, 6) is -0.188. The molecule has 0 saturated carbocycles. The minimum Gasteiger partial charge on any atom is -0.464 e. The molecule has 2 atom stereocenters. The maximum atomic E-state index is 11.7. The molecule has 1 aliphatic heterocycles. The van der Waals surface area contributed by atoms with Crippen LogP contribution in [0, 0.1) is 0 Å². The molecule has 1 saturated heterocycles. The van der Waals surface area contributed by atoms with E-state index in [-0.39, 0.29) is 6.61 Å². The van der Waals surface area contributed by atoms with Crippen LogP contribution < -0.4 is 0 Å². The third-order valence-corrected chi connectivity index (χ3v) is 3.63. The summed E-state index contributed by atoms with van der Waals surface area (Å²) in [5, 5.41) is 10.1. The van der Waals surface area contributed by atoms with Crippen molar-refractivity contribution in [2.75, 3.05) is 26.7 Å². The van der Waals surface area contributed by atoms with E-state index in [0.717, 1.165) is 25.1 Å².